The Morgan fingerprint density at radius 1 is 0.574 bits per heavy atom. The minimum Gasteiger partial charge on any atom is -1.00 e. The van der Waals surface area contributed by atoms with Crippen LogP contribution in [0.25, 0.3) is 21.8 Å². The third kappa shape index (κ3) is 8.91. The summed E-state index contributed by atoms with van der Waals surface area (Å²) in [5, 5.41) is 38.9. The maximum atomic E-state index is 13.1. The van der Waals surface area contributed by atoms with Gasteiger partial charge in [0.2, 0.25) is 0 Å². The molecule has 0 fully saturated rings. The van der Waals surface area contributed by atoms with Gasteiger partial charge >= 0.3 is 17.1 Å². The molecular weight excluding hydrogens is 758 g/mol. The van der Waals surface area contributed by atoms with Crippen molar-refractivity contribution < 1.29 is 39.7 Å². The molecule has 6 nitrogen and oxygen atoms in total. The molecule has 0 saturated heterocycles. The molecule has 8 rings (SSSR count). The van der Waals surface area contributed by atoms with Crippen molar-refractivity contribution in [1.29, 1.82) is 0 Å². The molecule has 1 radical (unpaired) electrons. The molecule has 0 aliphatic rings. The quantitative estimate of drug-likeness (QED) is 0.0577. The van der Waals surface area contributed by atoms with E-state index in [1.807, 2.05) is 42.5 Å². The van der Waals surface area contributed by atoms with Gasteiger partial charge in [-0.15, -0.1) is 0 Å². The monoisotopic (exact) mass is 791 g/mol. The molecule has 9 heteroatoms. The number of halogens is 1. The molecule has 0 aliphatic carbocycles. The molecule has 0 unspecified atom stereocenters. The first kappa shape index (κ1) is 39.5. The van der Waals surface area contributed by atoms with Gasteiger partial charge in [-0.3, -0.25) is 9.97 Å². The van der Waals surface area contributed by atoms with Crippen LogP contribution in [0.2, 0.25) is 0 Å². The fourth-order valence-electron chi connectivity index (χ4n) is 6.29. The van der Waals surface area contributed by atoms with Gasteiger partial charge in [-0.1, -0.05) is 133 Å². The number of hydrogen-bond donors (Lipinski definition) is 0. The van der Waals surface area contributed by atoms with E-state index in [0.717, 1.165) is 27.4 Å². The standard InChI is InChI=1S/C33H27N2O2P.C12H8N2.ClH.Cu/c36-32-23-26(21-22-28(32)24-34-35-33(37)27-13-5-1-6-14-27)25-38(29-15-7-2-8-16-29,30-17-9-3-10-18-30)31-19-11-4-12-20-31;1-3-9-5-6-10-4-2-8-14-12(10)11(9)13-7-1;;/h1-24H,25H2,(H-,34,35,36,37);1-8H;1H;/q;;;+2/p-2. The second kappa shape index (κ2) is 18.9. The molecule has 2 aromatic heterocycles. The van der Waals surface area contributed by atoms with Crippen molar-refractivity contribution in [2.45, 2.75) is 6.16 Å². The Balaban J connectivity index is 0.000000292. The Bertz CT molecular complexity index is 2320. The predicted octanol–water partition coefficient (Wildman–Crippen LogP) is 4.18. The third-order valence-electron chi connectivity index (χ3n) is 8.80. The number of fused-ring (bicyclic) bond motifs is 3. The predicted molar refractivity (Wildman–Crippen MR) is 212 cm³/mol. The van der Waals surface area contributed by atoms with Gasteiger partial charge in [0.05, 0.1) is 23.4 Å². The maximum Gasteiger partial charge on any atom is 2.00 e. The molecule has 0 N–H and O–H groups in total. The van der Waals surface area contributed by atoms with Crippen LogP contribution in [0.3, 0.4) is 0 Å². The summed E-state index contributed by atoms with van der Waals surface area (Å²) in [5.74, 6) is -0.602. The average molecular weight is 793 g/mol. The zero-order valence-corrected chi connectivity index (χ0v) is 31.5. The van der Waals surface area contributed by atoms with Crippen LogP contribution in [0.4, 0.5) is 0 Å². The first-order valence-corrected chi connectivity index (χ1v) is 18.9. The van der Waals surface area contributed by atoms with E-state index >= 15 is 0 Å². The normalized spacial score (nSPS) is 11.3. The minimum atomic E-state index is -2.11. The van der Waals surface area contributed by atoms with Gasteiger partial charge in [0, 0.05) is 29.1 Å². The van der Waals surface area contributed by atoms with E-state index in [4.69, 9.17) is 0 Å². The molecule has 0 spiro atoms. The van der Waals surface area contributed by atoms with Gasteiger partial charge in [-0.2, -0.15) is 10.2 Å². The Kier molecular flexibility index (Phi) is 13.8. The molecule has 0 atom stereocenters. The van der Waals surface area contributed by atoms with Gasteiger partial charge in [0.15, 0.2) is 0 Å². The SMILES string of the molecule is [Cl-].[Cu+2].[O-]/C(=N\N=C\c1ccc(C[P+](c2ccccc2)(c2ccccc2)c2ccccc2)cc1[O-])c1ccccc1.c1cnc2c(c1)ccc1cccnc12. The van der Waals surface area contributed by atoms with Gasteiger partial charge in [-0.05, 0) is 65.2 Å². The molecule has 269 valence electrons. The number of pyridine rings is 2. The molecule has 6 aromatic carbocycles. The van der Waals surface area contributed by atoms with Crippen molar-refractivity contribution in [2.24, 2.45) is 10.2 Å². The van der Waals surface area contributed by atoms with Crippen LogP contribution in [0, 0.1) is 0 Å². The van der Waals surface area contributed by atoms with E-state index in [9.17, 15) is 10.2 Å². The van der Waals surface area contributed by atoms with E-state index in [1.54, 1.807) is 48.8 Å². The first-order chi connectivity index (χ1) is 25.6. The van der Waals surface area contributed by atoms with Crippen molar-refractivity contribution in [3.8, 4) is 5.75 Å². The molecular formula is C45H34ClCuN4O2P. The topological polar surface area (TPSA) is 96.6 Å². The Morgan fingerprint density at radius 2 is 1.04 bits per heavy atom. The van der Waals surface area contributed by atoms with E-state index < -0.39 is 13.2 Å². The van der Waals surface area contributed by atoms with Gasteiger partial charge in [-0.25, -0.2) is 0 Å². The Labute approximate surface area is 332 Å². The summed E-state index contributed by atoms with van der Waals surface area (Å²) >= 11 is 0. The molecule has 0 bridgehead atoms. The summed E-state index contributed by atoms with van der Waals surface area (Å²) < 4.78 is 0. The largest absolute Gasteiger partial charge is 2.00 e. The smallest absolute Gasteiger partial charge is 1.00 e. The molecule has 0 amide bonds. The first-order valence-electron chi connectivity index (χ1n) is 16.9. The van der Waals surface area contributed by atoms with Gasteiger partial charge in [0.1, 0.15) is 23.2 Å². The van der Waals surface area contributed by atoms with E-state index in [-0.39, 0.29) is 35.2 Å². The second-order valence-corrected chi connectivity index (χ2v) is 15.6. The third-order valence-corrected chi connectivity index (χ3v) is 13.2. The summed E-state index contributed by atoms with van der Waals surface area (Å²) in [6, 6.07) is 58.0. The number of benzene rings is 6. The molecule has 0 saturated carbocycles. The van der Waals surface area contributed by atoms with Gasteiger partial charge < -0.3 is 22.6 Å². The van der Waals surface area contributed by atoms with Crippen LogP contribution in [-0.2, 0) is 23.2 Å². The van der Waals surface area contributed by atoms with Crippen LogP contribution >= 0.6 is 7.26 Å². The van der Waals surface area contributed by atoms with Crippen LogP contribution < -0.4 is 38.5 Å². The Morgan fingerprint density at radius 3 is 1.50 bits per heavy atom. The number of hydrogen-bond acceptors (Lipinski definition) is 6. The molecule has 8 aromatic rings. The van der Waals surface area contributed by atoms with Crippen LogP contribution in [0.15, 0.2) is 199 Å². The number of nitrogens with zero attached hydrogens (tertiary/aromatic N) is 4. The summed E-state index contributed by atoms with van der Waals surface area (Å²) in [6.45, 7) is 0. The molecule has 54 heavy (non-hydrogen) atoms. The summed E-state index contributed by atoms with van der Waals surface area (Å²) in [7, 11) is -2.11. The maximum absolute atomic E-state index is 13.1. The van der Waals surface area contributed by atoms with Crippen LogP contribution in [0.5, 0.6) is 5.75 Å². The van der Waals surface area contributed by atoms with Crippen molar-refractivity contribution in [3.63, 3.8) is 0 Å². The summed E-state index contributed by atoms with van der Waals surface area (Å²) in [6.07, 6.45) is 5.66. The van der Waals surface area contributed by atoms with E-state index in [0.29, 0.717) is 17.3 Å². The average Bonchev–Trinajstić information content (AvgIpc) is 3.22. The Hall–Kier alpha value is -5.68. The van der Waals surface area contributed by atoms with Crippen molar-refractivity contribution in [1.82, 2.24) is 9.97 Å². The molecule has 2 heterocycles. The molecule has 0 aliphatic heterocycles. The number of rotatable bonds is 8. The summed E-state index contributed by atoms with van der Waals surface area (Å²) in [5.41, 5.74) is 3.75. The fourth-order valence-corrected chi connectivity index (χ4v) is 10.5. The summed E-state index contributed by atoms with van der Waals surface area (Å²) in [4.78, 5) is 8.69. The second-order valence-electron chi connectivity index (χ2n) is 12.1. The van der Waals surface area contributed by atoms with Crippen LogP contribution in [-0.4, -0.2) is 22.1 Å². The van der Waals surface area contributed by atoms with E-state index in [1.165, 1.54) is 22.1 Å². The zero-order chi connectivity index (χ0) is 35.6. The van der Waals surface area contributed by atoms with Crippen molar-refractivity contribution in [2.75, 3.05) is 0 Å². The number of aromatic nitrogens is 2. The van der Waals surface area contributed by atoms with Gasteiger partial charge in [0.25, 0.3) is 0 Å². The minimum absolute atomic E-state index is 0. The zero-order valence-electron chi connectivity index (χ0n) is 28.9. The van der Waals surface area contributed by atoms with Crippen molar-refractivity contribution >= 4 is 57.1 Å². The fraction of sp³-hybridized carbons (Fsp3) is 0.0222. The van der Waals surface area contributed by atoms with E-state index in [2.05, 4.69) is 117 Å². The van der Waals surface area contributed by atoms with Crippen LogP contribution in [0.1, 0.15) is 16.7 Å². The van der Waals surface area contributed by atoms with Crippen molar-refractivity contribution in [3.05, 3.63) is 205 Å².